The van der Waals surface area contributed by atoms with Gasteiger partial charge in [-0.2, -0.15) is 0 Å². The zero-order chi connectivity index (χ0) is 82.1. The molecule has 1 aliphatic carbocycles. The van der Waals surface area contributed by atoms with Crippen LogP contribution in [0.15, 0.2) is 69.9 Å². The van der Waals surface area contributed by atoms with E-state index < -0.39 is 119 Å². The summed E-state index contributed by atoms with van der Waals surface area (Å²) in [6.45, 7) is 0.424. The summed E-state index contributed by atoms with van der Waals surface area (Å²) in [7, 11) is 0. The Labute approximate surface area is 644 Å². The zero-order valence-electron chi connectivity index (χ0n) is 61.3. The van der Waals surface area contributed by atoms with E-state index in [4.69, 9.17) is 100 Å². The van der Waals surface area contributed by atoms with Crippen LogP contribution in [0.25, 0.3) is 33.4 Å². The van der Waals surface area contributed by atoms with Crippen LogP contribution in [0.4, 0.5) is 5.69 Å². The van der Waals surface area contributed by atoms with Crippen molar-refractivity contribution in [2.75, 3.05) is 57.7 Å². The van der Waals surface area contributed by atoms with Gasteiger partial charge in [0.1, 0.15) is 53.6 Å². The number of primary amides is 1. The van der Waals surface area contributed by atoms with Crippen molar-refractivity contribution < 1.29 is 52.7 Å². The third kappa shape index (κ3) is 34.2. The summed E-state index contributed by atoms with van der Waals surface area (Å²) in [5.74, 6) is -10.8. The molecule has 0 unspecified atom stereocenters. The Hall–Kier alpha value is -13.1. The predicted molar refractivity (Wildman–Crippen MR) is 422 cm³/mol. The molecule has 606 valence electrons. The third-order valence-electron chi connectivity index (χ3n) is 16.6. The van der Waals surface area contributed by atoms with E-state index in [2.05, 4.69) is 85.1 Å². The Bertz CT molecular complexity index is 3990. The minimum atomic E-state index is -1.55. The average molecular weight is 1570 g/mol. The van der Waals surface area contributed by atoms with Gasteiger partial charge >= 0.3 is 5.97 Å². The lowest BCUT2D eigenvalue weighted by Gasteiger charge is -2.28. The smallest absolute Gasteiger partial charge is 0.336 e. The number of thiocarbonyl (C=S) groups is 1. The van der Waals surface area contributed by atoms with Crippen molar-refractivity contribution in [1.29, 1.82) is 37.9 Å². The van der Waals surface area contributed by atoms with E-state index in [-0.39, 0.29) is 195 Å². The standard InChI is InChI=1S/C67H105N31O12S/c68-52(101)41(12-3-25-83-60(69)70)93-54(103)43(14-5-27-85-62(73)74)95-56(105)45(16-7-29-87-64(77)78)97-58(107)47(18-9-31-89-66(81)82)98-57(106)46(17-8-30-88-65(79)80)96-55(104)44(15-6-28-86-63(75)76)94-53(102)42(13-4-26-84-61(71)72)92-50(100)20-10-32-90-67(111)91-35-21-23-37(40(33-35)59(108)109)51-38-11-1-2-19-48(38)110-49-34-36(99)22-24-39(49)51/h1-2,11,19,21-24,33-34,41-47H,3-10,12-18,20,25-32H2,(H2,68,101)(H,92,100)(H,93,103)(H,94,102)(H,95,105)(H,96,104)(H,97,107)(H,98,106)(H,108,109)(H4,69,70,83)(H4,71,72,84)(H4,73,74,85)(H4,75,76,86)(H4,77,78,87)(H4,79,80,88)(H4,81,82,89)(H2,90,91,111)/t41-,42-,43-,44-,45-,46-,47-/m1/s1. The maximum Gasteiger partial charge on any atom is 0.336 e. The summed E-state index contributed by atoms with van der Waals surface area (Å²) in [6.07, 6.45) is -0.289. The monoisotopic (exact) mass is 1570 g/mol. The number of para-hydroxylation sites is 1. The number of fused-ring (bicyclic) bond motifs is 2. The second-order valence-corrected chi connectivity index (χ2v) is 25.9. The van der Waals surface area contributed by atoms with Crippen molar-refractivity contribution in [2.45, 2.75) is 145 Å². The number of carbonyl (C=O) groups is 9. The average Bonchev–Trinajstić information content (AvgIpc) is 0.750. The lowest BCUT2D eigenvalue weighted by atomic mass is 9.90. The van der Waals surface area contributed by atoms with Crippen LogP contribution in [-0.2, 0) is 38.4 Å². The molecule has 0 aromatic heterocycles. The molecule has 0 saturated heterocycles. The number of benzene rings is 3. The number of rotatable bonds is 49. The number of carbonyl (C=O) groups excluding carboxylic acids is 8. The molecule has 1 aliphatic heterocycles. The van der Waals surface area contributed by atoms with Crippen molar-refractivity contribution >= 4 is 129 Å². The minimum Gasteiger partial charge on any atom is -0.478 e. The molecule has 2 aromatic carbocycles. The highest BCUT2D eigenvalue weighted by atomic mass is 32.1. The number of anilines is 1. The summed E-state index contributed by atoms with van der Waals surface area (Å²) in [4.78, 5) is 139. The van der Waals surface area contributed by atoms with Gasteiger partial charge < -0.3 is 140 Å². The number of carboxylic acids is 1. The summed E-state index contributed by atoms with van der Waals surface area (Å²) in [5.41, 5.74) is 45.9. The van der Waals surface area contributed by atoms with E-state index in [1.165, 1.54) is 18.2 Å². The normalized spacial score (nSPS) is 12.6. The molecule has 0 saturated carbocycles. The van der Waals surface area contributed by atoms with Crippen molar-refractivity contribution in [3.63, 3.8) is 0 Å². The van der Waals surface area contributed by atoms with Crippen molar-refractivity contribution in [3.05, 3.63) is 76.5 Å². The number of guanidine groups is 7. The Kier molecular flexibility index (Phi) is 38.7. The number of carboxylic acid groups (broad SMARTS) is 1. The van der Waals surface area contributed by atoms with Crippen LogP contribution in [0.2, 0.25) is 0 Å². The Morgan fingerprint density at radius 1 is 0.396 bits per heavy atom. The molecule has 2 aliphatic rings. The fourth-order valence-electron chi connectivity index (χ4n) is 11.3. The highest BCUT2D eigenvalue weighted by Gasteiger charge is 2.35. The number of hydrogen-bond donors (Lipinski definition) is 32. The van der Waals surface area contributed by atoms with Gasteiger partial charge in [0.05, 0.1) is 5.56 Å². The quantitative estimate of drug-likeness (QED) is 0.00648. The maximum absolute atomic E-state index is 14.8. The predicted octanol–water partition coefficient (Wildman–Crippen LogP) is -4.95. The van der Waals surface area contributed by atoms with E-state index in [0.29, 0.717) is 33.3 Å². The fraction of sp³-hybridized carbons (Fsp3) is 0.463. The minimum absolute atomic E-state index is 0.00393. The third-order valence-corrected chi connectivity index (χ3v) is 16.9. The van der Waals surface area contributed by atoms with Gasteiger partial charge in [0.25, 0.3) is 0 Å². The summed E-state index contributed by atoms with van der Waals surface area (Å²) >= 11 is 5.55. The molecular formula is C67H105N31O12S. The molecule has 1 heterocycles. The van der Waals surface area contributed by atoms with Crippen LogP contribution >= 0.6 is 12.2 Å². The molecule has 44 heteroatoms. The first-order chi connectivity index (χ1) is 52.7. The van der Waals surface area contributed by atoms with Crippen molar-refractivity contribution in [1.82, 2.24) is 79.8 Å². The number of hydrogen-bond acceptors (Lipinski definition) is 19. The van der Waals surface area contributed by atoms with Crippen LogP contribution in [0, 0.1) is 37.9 Å². The fourth-order valence-corrected chi connectivity index (χ4v) is 11.5. The second-order valence-electron chi connectivity index (χ2n) is 25.4. The Balaban J connectivity index is 1.60. The molecule has 8 amide bonds. The van der Waals surface area contributed by atoms with Gasteiger partial charge in [0, 0.05) is 87.0 Å². The first kappa shape index (κ1) is 90.3. The topological polar surface area (TPSA) is 772 Å². The summed E-state index contributed by atoms with van der Waals surface area (Å²) in [6, 6.07) is 5.81. The molecular weight excluding hydrogens is 1460 g/mol. The number of amides is 8. The van der Waals surface area contributed by atoms with Crippen LogP contribution in [0.3, 0.4) is 0 Å². The van der Waals surface area contributed by atoms with Gasteiger partial charge in [0.2, 0.25) is 47.3 Å². The van der Waals surface area contributed by atoms with Crippen molar-refractivity contribution in [3.8, 4) is 22.5 Å². The second kappa shape index (κ2) is 47.6. The van der Waals surface area contributed by atoms with Gasteiger partial charge in [-0.05, 0) is 144 Å². The van der Waals surface area contributed by atoms with Gasteiger partial charge in [-0.3, -0.25) is 81.0 Å². The van der Waals surface area contributed by atoms with Gasteiger partial charge in [0.15, 0.2) is 52.3 Å². The van der Waals surface area contributed by atoms with Crippen LogP contribution in [0.1, 0.15) is 113 Å². The largest absolute Gasteiger partial charge is 0.478 e. The molecule has 0 fully saturated rings. The van der Waals surface area contributed by atoms with Gasteiger partial charge in [-0.15, -0.1) is 0 Å². The van der Waals surface area contributed by atoms with Gasteiger partial charge in [-0.1, -0.05) is 24.3 Å². The van der Waals surface area contributed by atoms with E-state index in [1.54, 1.807) is 42.5 Å². The molecule has 43 nitrogen and oxygen atoms in total. The van der Waals surface area contributed by atoms with Crippen LogP contribution in [0.5, 0.6) is 0 Å². The molecule has 40 N–H and O–H groups in total. The van der Waals surface area contributed by atoms with E-state index in [1.807, 2.05) is 0 Å². The van der Waals surface area contributed by atoms with Crippen molar-refractivity contribution in [2.24, 2.45) is 45.9 Å². The lowest BCUT2D eigenvalue weighted by Crippen LogP contribution is -2.60. The molecule has 0 bridgehead atoms. The van der Waals surface area contributed by atoms with E-state index in [9.17, 15) is 53.1 Å². The Morgan fingerprint density at radius 3 is 1.07 bits per heavy atom. The molecule has 0 radical (unpaired) electrons. The van der Waals surface area contributed by atoms with E-state index in [0.717, 1.165) is 0 Å². The highest BCUT2D eigenvalue weighted by Crippen LogP contribution is 2.41. The lowest BCUT2D eigenvalue weighted by molar-refractivity contribution is -0.136. The number of aromatic carboxylic acids is 1. The molecule has 0 spiro atoms. The molecule has 2 aromatic rings. The number of nitrogens with one attached hydrogen (secondary N) is 23. The van der Waals surface area contributed by atoms with Crippen LogP contribution in [-0.4, -0.2) is 200 Å². The first-order valence-electron chi connectivity index (χ1n) is 35.6. The zero-order valence-corrected chi connectivity index (χ0v) is 62.1. The Morgan fingerprint density at radius 2 is 0.721 bits per heavy atom. The highest BCUT2D eigenvalue weighted by molar-refractivity contribution is 7.80. The molecule has 4 rings (SSSR count). The first-order valence-corrected chi connectivity index (χ1v) is 36.0. The summed E-state index contributed by atoms with van der Waals surface area (Å²) in [5, 5.41) is 107. The van der Waals surface area contributed by atoms with Gasteiger partial charge in [-0.25, -0.2) is 4.79 Å². The SMILES string of the molecule is N=C(N)NCCC[C@@H](NC(=O)[C@@H](CCCNC(=N)N)NC(=O)[C@@H](CCCNC(=N)N)NC(=O)[C@@H](CCCNC(=N)N)NC(=O)[C@@H](CCCNC(=N)N)NC(=O)[C@@H](CCCNC(=N)N)NC(=O)[C@@H](CCCNC(=N)N)NC(=O)CCCNC(=S)Nc1ccc(-c2c3ccc(=O)cc-3oc3ccccc23)c(C(=O)O)c1)C(N)=O. The van der Waals surface area contributed by atoms with E-state index >= 15 is 0 Å². The molecule has 111 heavy (non-hydrogen) atoms. The molecule has 7 atom stereocenters. The van der Waals surface area contributed by atoms with Crippen LogP contribution < -0.4 is 136 Å². The summed E-state index contributed by atoms with van der Waals surface area (Å²) < 4.78 is 6.01. The maximum atomic E-state index is 14.8. The number of nitrogens with two attached hydrogens (primary N) is 8.